The Morgan fingerprint density at radius 2 is 1.93 bits per heavy atom. The van der Waals surface area contributed by atoms with Crippen molar-refractivity contribution in [2.45, 2.75) is 18.5 Å². The molecule has 0 radical (unpaired) electrons. The molecule has 2 aromatic carbocycles. The average molecular weight is 399 g/mol. The number of rotatable bonds is 4. The molecule has 150 valence electrons. The zero-order chi connectivity index (χ0) is 20.5. The predicted octanol–water partition coefficient (Wildman–Crippen LogP) is 3.46. The number of aromatic nitrogens is 3. The van der Waals surface area contributed by atoms with E-state index in [0.29, 0.717) is 30.4 Å². The van der Waals surface area contributed by atoms with E-state index in [1.165, 1.54) is 5.39 Å². The molecule has 3 heterocycles. The van der Waals surface area contributed by atoms with E-state index >= 15 is 0 Å². The van der Waals surface area contributed by atoms with Crippen molar-refractivity contribution >= 4 is 16.7 Å². The highest BCUT2D eigenvalue weighted by molar-refractivity contribution is 5.92. The topological polar surface area (TPSA) is 84.2 Å². The smallest absolute Gasteiger partial charge is 0.270 e. The molecule has 0 saturated carbocycles. The lowest BCUT2D eigenvalue weighted by Gasteiger charge is -2.14. The van der Waals surface area contributed by atoms with Gasteiger partial charge in [0.15, 0.2) is 0 Å². The zero-order valence-corrected chi connectivity index (χ0v) is 16.5. The van der Waals surface area contributed by atoms with E-state index in [0.717, 1.165) is 10.9 Å². The Balaban J connectivity index is 1.31. The van der Waals surface area contributed by atoms with Gasteiger partial charge >= 0.3 is 0 Å². The summed E-state index contributed by atoms with van der Waals surface area (Å²) in [5.41, 5.74) is 1.34. The van der Waals surface area contributed by atoms with E-state index < -0.39 is 0 Å². The molecule has 2 unspecified atom stereocenters. The second kappa shape index (κ2) is 7.68. The Bertz CT molecular complexity index is 1190. The lowest BCUT2D eigenvalue weighted by molar-refractivity contribution is 0.0933. The number of hydrogen-bond donors (Lipinski definition) is 1. The summed E-state index contributed by atoms with van der Waals surface area (Å²) in [6, 6.07) is 19.6. The van der Waals surface area contributed by atoms with Gasteiger partial charge in [0, 0.05) is 24.3 Å². The molecule has 4 aromatic rings. The van der Waals surface area contributed by atoms with Crippen LogP contribution in [0.15, 0.2) is 71.4 Å². The Morgan fingerprint density at radius 1 is 1.10 bits per heavy atom. The molecule has 0 aliphatic carbocycles. The fourth-order valence-corrected chi connectivity index (χ4v) is 3.97. The molecule has 0 bridgehead atoms. The number of fused-ring (bicyclic) bond motifs is 1. The first kappa shape index (κ1) is 18.4. The largest absolute Gasteiger partial charge is 0.347 e. The minimum absolute atomic E-state index is 0.00877. The summed E-state index contributed by atoms with van der Waals surface area (Å²) >= 11 is 0. The highest BCUT2D eigenvalue weighted by Crippen LogP contribution is 2.31. The summed E-state index contributed by atoms with van der Waals surface area (Å²) in [7, 11) is 2.00. The van der Waals surface area contributed by atoms with Gasteiger partial charge < -0.3 is 9.84 Å². The summed E-state index contributed by atoms with van der Waals surface area (Å²) in [5.74, 6) is 0.970. The van der Waals surface area contributed by atoms with Crippen LogP contribution in [0.5, 0.6) is 0 Å². The number of amides is 1. The molecule has 5 rings (SSSR count). The molecule has 2 aromatic heterocycles. The van der Waals surface area contributed by atoms with Crippen LogP contribution in [0, 0.1) is 0 Å². The molecule has 7 heteroatoms. The van der Waals surface area contributed by atoms with E-state index in [1.807, 2.05) is 25.2 Å². The van der Waals surface area contributed by atoms with Crippen LogP contribution >= 0.6 is 0 Å². The molecule has 2 atom stereocenters. The fraction of sp³-hybridized carbons (Fsp3) is 0.217. The van der Waals surface area contributed by atoms with E-state index in [2.05, 4.69) is 49.6 Å². The van der Waals surface area contributed by atoms with Gasteiger partial charge in [-0.3, -0.25) is 14.7 Å². The van der Waals surface area contributed by atoms with Crippen LogP contribution in [0.4, 0.5) is 0 Å². The van der Waals surface area contributed by atoms with E-state index in [9.17, 15) is 4.79 Å². The van der Waals surface area contributed by atoms with E-state index in [1.54, 1.807) is 24.4 Å². The molecule has 1 fully saturated rings. The SMILES string of the molecule is CN1CC(NC(=O)c2ccccn2)CC1c1nc(-c2ccc3ccccc3c2)no1. The van der Waals surface area contributed by atoms with Crippen molar-refractivity contribution in [3.05, 3.63) is 78.4 Å². The van der Waals surface area contributed by atoms with Crippen LogP contribution in [0.2, 0.25) is 0 Å². The maximum Gasteiger partial charge on any atom is 0.270 e. The summed E-state index contributed by atoms with van der Waals surface area (Å²) in [4.78, 5) is 23.3. The predicted molar refractivity (Wildman–Crippen MR) is 113 cm³/mol. The molecular formula is C23H21N5O2. The second-order valence-electron chi connectivity index (χ2n) is 7.59. The minimum atomic E-state index is -0.169. The van der Waals surface area contributed by atoms with Gasteiger partial charge in [-0.15, -0.1) is 0 Å². The maximum absolute atomic E-state index is 12.4. The number of pyridine rings is 1. The number of benzene rings is 2. The Kier molecular flexibility index (Phi) is 4.72. The molecule has 1 saturated heterocycles. The van der Waals surface area contributed by atoms with Crippen molar-refractivity contribution in [1.29, 1.82) is 0 Å². The highest BCUT2D eigenvalue weighted by Gasteiger charge is 2.35. The van der Waals surface area contributed by atoms with Crippen molar-refractivity contribution in [3.63, 3.8) is 0 Å². The monoisotopic (exact) mass is 399 g/mol. The quantitative estimate of drug-likeness (QED) is 0.566. The molecule has 0 spiro atoms. The van der Waals surface area contributed by atoms with Crippen molar-refractivity contribution in [2.24, 2.45) is 0 Å². The number of carbonyl (C=O) groups is 1. The van der Waals surface area contributed by atoms with E-state index in [-0.39, 0.29) is 18.0 Å². The number of likely N-dealkylation sites (tertiary alicyclic amines) is 1. The Hall–Kier alpha value is -3.58. The average Bonchev–Trinajstić information content (AvgIpc) is 3.40. The third-order valence-electron chi connectivity index (χ3n) is 5.52. The number of nitrogens with one attached hydrogen (secondary N) is 1. The zero-order valence-electron chi connectivity index (χ0n) is 16.5. The first-order valence-electron chi connectivity index (χ1n) is 9.92. The van der Waals surface area contributed by atoms with E-state index in [4.69, 9.17) is 4.52 Å². The molecule has 1 amide bonds. The van der Waals surface area contributed by atoms with Crippen molar-refractivity contribution < 1.29 is 9.32 Å². The van der Waals surface area contributed by atoms with Gasteiger partial charge in [0.25, 0.3) is 5.91 Å². The molecule has 1 aliphatic rings. The van der Waals surface area contributed by atoms with Crippen LogP contribution < -0.4 is 5.32 Å². The van der Waals surface area contributed by atoms with Crippen molar-refractivity contribution in [1.82, 2.24) is 25.3 Å². The highest BCUT2D eigenvalue weighted by atomic mass is 16.5. The normalized spacial score (nSPS) is 19.2. The Labute approximate surface area is 173 Å². The molecule has 7 nitrogen and oxygen atoms in total. The number of carbonyl (C=O) groups excluding carboxylic acids is 1. The van der Waals surface area contributed by atoms with Gasteiger partial charge in [-0.1, -0.05) is 47.6 Å². The summed E-state index contributed by atoms with van der Waals surface area (Å²) in [5, 5.41) is 9.56. The number of nitrogens with zero attached hydrogens (tertiary/aromatic N) is 4. The summed E-state index contributed by atoms with van der Waals surface area (Å²) < 4.78 is 5.60. The van der Waals surface area contributed by atoms with Gasteiger partial charge in [0.2, 0.25) is 11.7 Å². The molecule has 1 aliphatic heterocycles. The van der Waals surface area contributed by atoms with Crippen LogP contribution in [-0.4, -0.2) is 45.6 Å². The molecule has 30 heavy (non-hydrogen) atoms. The standard InChI is InChI=1S/C23H21N5O2/c1-28-14-18(25-22(29)19-8-4-5-11-24-19)13-20(28)23-26-21(27-30-23)17-10-9-15-6-2-3-7-16(15)12-17/h2-12,18,20H,13-14H2,1H3,(H,25,29). The first-order valence-corrected chi connectivity index (χ1v) is 9.92. The van der Waals surface area contributed by atoms with Crippen LogP contribution in [0.3, 0.4) is 0 Å². The van der Waals surface area contributed by atoms with Gasteiger partial charge in [-0.2, -0.15) is 4.98 Å². The summed E-state index contributed by atoms with van der Waals surface area (Å²) in [6.45, 7) is 0.705. The Morgan fingerprint density at radius 3 is 2.77 bits per heavy atom. The third kappa shape index (κ3) is 3.55. The first-order chi connectivity index (χ1) is 14.7. The third-order valence-corrected chi connectivity index (χ3v) is 5.52. The maximum atomic E-state index is 12.4. The number of likely N-dealkylation sites (N-methyl/N-ethyl adjacent to an activating group) is 1. The second-order valence-corrected chi connectivity index (χ2v) is 7.59. The fourth-order valence-electron chi connectivity index (χ4n) is 3.97. The lowest BCUT2D eigenvalue weighted by Crippen LogP contribution is -2.36. The summed E-state index contributed by atoms with van der Waals surface area (Å²) in [6.07, 6.45) is 2.32. The van der Waals surface area contributed by atoms with Crippen molar-refractivity contribution in [3.8, 4) is 11.4 Å². The van der Waals surface area contributed by atoms with Crippen molar-refractivity contribution in [2.75, 3.05) is 13.6 Å². The van der Waals surface area contributed by atoms with Gasteiger partial charge in [0.05, 0.1) is 6.04 Å². The van der Waals surface area contributed by atoms with Gasteiger partial charge in [0.1, 0.15) is 5.69 Å². The number of hydrogen-bond acceptors (Lipinski definition) is 6. The van der Waals surface area contributed by atoms with Crippen LogP contribution in [0.1, 0.15) is 28.8 Å². The molecule has 1 N–H and O–H groups in total. The van der Waals surface area contributed by atoms with Crippen LogP contribution in [0.25, 0.3) is 22.2 Å². The van der Waals surface area contributed by atoms with Gasteiger partial charge in [-0.05, 0) is 42.4 Å². The van der Waals surface area contributed by atoms with Gasteiger partial charge in [-0.25, -0.2) is 0 Å². The lowest BCUT2D eigenvalue weighted by atomic mass is 10.1. The minimum Gasteiger partial charge on any atom is -0.347 e. The molecular weight excluding hydrogens is 378 g/mol. The van der Waals surface area contributed by atoms with Crippen LogP contribution in [-0.2, 0) is 0 Å².